The number of nitrogens with zero attached hydrogens (tertiary/aromatic N) is 1. The van der Waals surface area contributed by atoms with Gasteiger partial charge in [-0.25, -0.2) is 4.99 Å². The summed E-state index contributed by atoms with van der Waals surface area (Å²) in [4.78, 5) is 4.85. The third-order valence-electron chi connectivity index (χ3n) is 10.6. The zero-order valence-corrected chi connectivity index (χ0v) is 30.4. The highest BCUT2D eigenvalue weighted by atomic mass is 16.3. The molecule has 13 nitrogen and oxygen atoms in total. The van der Waals surface area contributed by atoms with Crippen LogP contribution in [0.1, 0.15) is 45.7 Å². The largest absolute Gasteiger partial charge is 0.508 e. The maximum atomic E-state index is 11.8. The van der Waals surface area contributed by atoms with Gasteiger partial charge in [0.15, 0.2) is 11.5 Å². The second-order valence-electron chi connectivity index (χ2n) is 14.2. The van der Waals surface area contributed by atoms with E-state index in [-0.39, 0.29) is 56.7 Å². The zero-order chi connectivity index (χ0) is 40.1. The number of aliphatic imine (C=N–C) groups is 1. The second kappa shape index (κ2) is 12.7. The summed E-state index contributed by atoms with van der Waals surface area (Å²) in [6.45, 7) is 5.08. The van der Waals surface area contributed by atoms with Crippen molar-refractivity contribution in [3.05, 3.63) is 100 Å². The Morgan fingerprint density at radius 3 is 1.86 bits per heavy atom. The Bertz CT molecular complexity index is 2820. The van der Waals surface area contributed by atoms with Gasteiger partial charge in [0.1, 0.15) is 60.5 Å². The number of phenols is 10. The number of amidine groups is 1. The van der Waals surface area contributed by atoms with Crippen LogP contribution in [0, 0.1) is 20.8 Å². The minimum absolute atomic E-state index is 0.00158. The number of rotatable bonds is 4. The number of nitrogens with one attached hydrogen (secondary N) is 2. The summed E-state index contributed by atoms with van der Waals surface area (Å²) in [5.41, 5.74) is 3.83. The maximum Gasteiger partial charge on any atom is 0.205 e. The molecular formula is C42H36BN3O10. The molecule has 1 heterocycles. The predicted molar refractivity (Wildman–Crippen MR) is 215 cm³/mol. The molecule has 2 atom stereocenters. The van der Waals surface area contributed by atoms with Crippen LogP contribution in [0.15, 0.2) is 71.7 Å². The average molecular weight is 754 g/mol. The number of hydrogen-bond acceptors (Lipinski definition) is 13. The summed E-state index contributed by atoms with van der Waals surface area (Å²) in [6, 6.07) is 17.8. The van der Waals surface area contributed by atoms with Crippen molar-refractivity contribution in [2.24, 2.45) is 4.99 Å². The quantitative estimate of drug-likeness (QED) is 0.0469. The van der Waals surface area contributed by atoms with E-state index in [0.717, 1.165) is 5.56 Å². The molecule has 0 radical (unpaired) electrons. The minimum Gasteiger partial charge on any atom is -0.508 e. The smallest absolute Gasteiger partial charge is 0.205 e. The lowest BCUT2D eigenvalue weighted by molar-refractivity contribution is 0.350. The van der Waals surface area contributed by atoms with Gasteiger partial charge in [0.25, 0.3) is 0 Å². The summed E-state index contributed by atoms with van der Waals surface area (Å²) in [5.74, 6) is -4.32. The third-order valence-corrected chi connectivity index (χ3v) is 10.6. The number of aryl methyl sites for hydroxylation is 2. The SMILES string of the molecule is Bc1c(O)c(-c2cc(C)cc(O)c2)c(C)c(O)c1C1=NC(c2cc(O)cc(O)c2)NC(c2ccc3c(ccc4c(C)c(O)c5c(O)c(O)c(O)c(O)c5c43)c2)N1. The maximum absolute atomic E-state index is 11.8. The Balaban J connectivity index is 1.31. The second-order valence-corrected chi connectivity index (χ2v) is 14.2. The van der Waals surface area contributed by atoms with Crippen molar-refractivity contribution in [1.29, 1.82) is 0 Å². The lowest BCUT2D eigenvalue weighted by atomic mass is 9.82. The van der Waals surface area contributed by atoms with E-state index in [4.69, 9.17) is 4.99 Å². The fraction of sp³-hybridized carbons (Fsp3) is 0.119. The standard InChI is InChI=1S/C42H36BN3O10/c1-15-8-20(11-22(47)9-15)27-17(3)34(51)31(32(43)35(27)52)42-45-40(44-41(46-42)21-12-23(48)14-24(49)13-21)19-5-7-26-18(10-19)4-6-25-16(2)33(50)30-29(28(25)26)36(53)38(55)39(56)37(30)54/h4-14,40-41,44,47-56H,43H2,1-3H3,(H,45,46). The van der Waals surface area contributed by atoms with Crippen LogP contribution in [-0.4, -0.2) is 64.7 Å². The fourth-order valence-corrected chi connectivity index (χ4v) is 7.92. The van der Waals surface area contributed by atoms with E-state index in [9.17, 15) is 51.1 Å². The van der Waals surface area contributed by atoms with Crippen molar-refractivity contribution in [1.82, 2.24) is 10.6 Å². The van der Waals surface area contributed by atoms with E-state index in [1.165, 1.54) is 24.3 Å². The molecule has 0 fully saturated rings. The molecule has 0 aromatic heterocycles. The number of fused-ring (bicyclic) bond motifs is 5. The molecule has 0 spiro atoms. The molecule has 1 aliphatic heterocycles. The molecule has 0 amide bonds. The molecule has 12 N–H and O–H groups in total. The molecule has 7 aromatic carbocycles. The summed E-state index contributed by atoms with van der Waals surface area (Å²) < 4.78 is 0. The molecular weight excluding hydrogens is 717 g/mol. The summed E-state index contributed by atoms with van der Waals surface area (Å²) >= 11 is 0. The number of phenolic OH excluding ortho intramolecular Hbond substituents is 10. The van der Waals surface area contributed by atoms with Crippen molar-refractivity contribution in [3.8, 4) is 68.6 Å². The van der Waals surface area contributed by atoms with Gasteiger partial charge in [0.05, 0.1) is 10.9 Å². The van der Waals surface area contributed by atoms with Crippen LogP contribution in [0.2, 0.25) is 0 Å². The highest BCUT2D eigenvalue weighted by molar-refractivity contribution is 6.40. The van der Waals surface area contributed by atoms with Crippen LogP contribution >= 0.6 is 0 Å². The third kappa shape index (κ3) is 5.41. The van der Waals surface area contributed by atoms with Gasteiger partial charge in [-0.1, -0.05) is 30.3 Å². The Labute approximate surface area is 319 Å². The molecule has 0 saturated heterocycles. The van der Waals surface area contributed by atoms with Gasteiger partial charge in [-0.05, 0) is 101 Å². The van der Waals surface area contributed by atoms with Crippen LogP contribution < -0.4 is 16.1 Å². The Hall–Kier alpha value is -7.19. The molecule has 0 saturated carbocycles. The van der Waals surface area contributed by atoms with Crippen LogP contribution in [0.4, 0.5) is 0 Å². The molecule has 8 rings (SSSR count). The summed E-state index contributed by atoms with van der Waals surface area (Å²) in [6.07, 6.45) is -1.65. The van der Waals surface area contributed by atoms with Gasteiger partial charge in [0, 0.05) is 28.0 Å². The van der Waals surface area contributed by atoms with Gasteiger partial charge in [-0.2, -0.15) is 0 Å². The highest BCUT2D eigenvalue weighted by Gasteiger charge is 2.31. The van der Waals surface area contributed by atoms with Crippen molar-refractivity contribution in [2.75, 3.05) is 0 Å². The number of benzene rings is 7. The number of hydrogen-bond donors (Lipinski definition) is 12. The first-order valence-electron chi connectivity index (χ1n) is 17.5. The van der Waals surface area contributed by atoms with E-state index >= 15 is 0 Å². The van der Waals surface area contributed by atoms with E-state index in [1.54, 1.807) is 65.0 Å². The van der Waals surface area contributed by atoms with Crippen LogP contribution in [0.25, 0.3) is 43.4 Å². The summed E-state index contributed by atoms with van der Waals surface area (Å²) in [7, 11) is 1.63. The van der Waals surface area contributed by atoms with Gasteiger partial charge in [-0.3, -0.25) is 5.32 Å². The highest BCUT2D eigenvalue weighted by Crippen LogP contribution is 2.55. The molecule has 7 aromatic rings. The average Bonchev–Trinajstić information content (AvgIpc) is 3.15. The lowest BCUT2D eigenvalue weighted by Crippen LogP contribution is -2.46. The molecule has 14 heteroatoms. The first kappa shape index (κ1) is 35.8. The fourth-order valence-electron chi connectivity index (χ4n) is 7.92. The Morgan fingerprint density at radius 1 is 0.536 bits per heavy atom. The lowest BCUT2D eigenvalue weighted by Gasteiger charge is -2.33. The topological polar surface area (TPSA) is 239 Å². The van der Waals surface area contributed by atoms with Crippen molar-refractivity contribution in [2.45, 2.75) is 33.1 Å². The Kier molecular flexibility index (Phi) is 8.13. The predicted octanol–water partition coefficient (Wildman–Crippen LogP) is 5.39. The first-order chi connectivity index (χ1) is 26.5. The van der Waals surface area contributed by atoms with Gasteiger partial charge >= 0.3 is 0 Å². The molecule has 56 heavy (non-hydrogen) atoms. The van der Waals surface area contributed by atoms with Crippen molar-refractivity contribution >= 4 is 51.5 Å². The van der Waals surface area contributed by atoms with Crippen LogP contribution in [0.5, 0.6) is 57.5 Å². The normalized spacial score (nSPS) is 15.7. The Morgan fingerprint density at radius 2 is 1.18 bits per heavy atom. The van der Waals surface area contributed by atoms with E-state index in [2.05, 4.69) is 10.6 Å². The monoisotopic (exact) mass is 753 g/mol. The molecule has 2 unspecified atom stereocenters. The molecule has 282 valence electrons. The summed E-state index contributed by atoms with van der Waals surface area (Å²) in [5, 5.41) is 117. The molecule has 0 aliphatic carbocycles. The van der Waals surface area contributed by atoms with Crippen molar-refractivity contribution in [3.63, 3.8) is 0 Å². The number of aromatic hydroxyl groups is 10. The van der Waals surface area contributed by atoms with E-state index < -0.39 is 35.3 Å². The van der Waals surface area contributed by atoms with Gasteiger partial charge in [0.2, 0.25) is 11.5 Å². The first-order valence-corrected chi connectivity index (χ1v) is 17.5. The van der Waals surface area contributed by atoms with Gasteiger partial charge in [-0.15, -0.1) is 0 Å². The minimum atomic E-state index is -0.970. The molecule has 0 bridgehead atoms. The van der Waals surface area contributed by atoms with Crippen LogP contribution in [0.3, 0.4) is 0 Å². The van der Waals surface area contributed by atoms with E-state index in [0.29, 0.717) is 60.4 Å². The van der Waals surface area contributed by atoms with E-state index in [1.807, 2.05) is 6.07 Å². The van der Waals surface area contributed by atoms with Gasteiger partial charge < -0.3 is 56.4 Å². The molecule has 1 aliphatic rings. The van der Waals surface area contributed by atoms with Crippen LogP contribution in [-0.2, 0) is 0 Å². The van der Waals surface area contributed by atoms with Crippen molar-refractivity contribution < 1.29 is 51.1 Å². The zero-order valence-electron chi connectivity index (χ0n) is 30.4.